The van der Waals surface area contributed by atoms with Gasteiger partial charge in [0.05, 0.1) is 0 Å². The minimum Gasteiger partial charge on any atom is -0.336 e. The average molecular weight is 238 g/mol. The van der Waals surface area contributed by atoms with Crippen LogP contribution in [0.4, 0.5) is 4.79 Å². The molecular formula is C12H22N4O. The summed E-state index contributed by atoms with van der Waals surface area (Å²) >= 11 is 0. The summed E-state index contributed by atoms with van der Waals surface area (Å²) in [5, 5.41) is 6.54. The SMILES string of the molecule is O=C1NCCN1CCN1CCC2CCC(C1)N2. The molecule has 0 aromatic rings. The van der Waals surface area contributed by atoms with Gasteiger partial charge < -0.3 is 15.5 Å². The van der Waals surface area contributed by atoms with Crippen LogP contribution in [0, 0.1) is 0 Å². The summed E-state index contributed by atoms with van der Waals surface area (Å²) in [7, 11) is 0. The molecule has 0 saturated carbocycles. The number of carbonyl (C=O) groups excluding carboxylic acids is 1. The Morgan fingerprint density at radius 1 is 1.12 bits per heavy atom. The molecule has 2 unspecified atom stereocenters. The van der Waals surface area contributed by atoms with Gasteiger partial charge in [-0.05, 0) is 25.8 Å². The standard InChI is InChI=1S/C12H22N4O/c17-12-13-4-6-16(12)8-7-15-5-3-10-1-2-11(9-15)14-10/h10-11,14H,1-9H2,(H,13,17). The molecule has 5 heteroatoms. The number of nitrogens with one attached hydrogen (secondary N) is 2. The summed E-state index contributed by atoms with van der Waals surface area (Å²) in [6, 6.07) is 1.55. The van der Waals surface area contributed by atoms with Crippen molar-refractivity contribution >= 4 is 6.03 Å². The number of nitrogens with zero attached hydrogens (tertiary/aromatic N) is 2. The minimum atomic E-state index is 0.111. The highest BCUT2D eigenvalue weighted by Gasteiger charge is 2.29. The molecule has 0 aromatic heterocycles. The van der Waals surface area contributed by atoms with Crippen LogP contribution in [0.3, 0.4) is 0 Å². The number of hydrogen-bond acceptors (Lipinski definition) is 3. The first-order chi connectivity index (χ1) is 8.31. The van der Waals surface area contributed by atoms with Crippen LogP contribution in [0.25, 0.3) is 0 Å². The molecule has 3 rings (SSSR count). The Balaban J connectivity index is 1.47. The highest BCUT2D eigenvalue weighted by Crippen LogP contribution is 2.20. The highest BCUT2D eigenvalue weighted by molar-refractivity contribution is 5.76. The molecule has 3 aliphatic rings. The summed E-state index contributed by atoms with van der Waals surface area (Å²) in [6.07, 6.45) is 3.95. The van der Waals surface area contributed by atoms with Crippen LogP contribution in [0.5, 0.6) is 0 Å². The van der Waals surface area contributed by atoms with E-state index in [1.165, 1.54) is 25.8 Å². The molecule has 0 spiro atoms. The first kappa shape index (κ1) is 11.3. The van der Waals surface area contributed by atoms with Crippen molar-refractivity contribution in [2.24, 2.45) is 0 Å². The van der Waals surface area contributed by atoms with E-state index in [0.29, 0.717) is 6.04 Å². The van der Waals surface area contributed by atoms with Gasteiger partial charge in [-0.1, -0.05) is 0 Å². The van der Waals surface area contributed by atoms with Crippen molar-refractivity contribution in [3.05, 3.63) is 0 Å². The van der Waals surface area contributed by atoms with Gasteiger partial charge in [-0.25, -0.2) is 4.79 Å². The fraction of sp³-hybridized carbons (Fsp3) is 0.917. The number of carbonyl (C=O) groups is 1. The normalized spacial score (nSPS) is 33.9. The van der Waals surface area contributed by atoms with E-state index in [0.717, 1.165) is 38.8 Å². The first-order valence-corrected chi connectivity index (χ1v) is 6.82. The van der Waals surface area contributed by atoms with Gasteiger partial charge in [0.2, 0.25) is 0 Å². The quantitative estimate of drug-likeness (QED) is 0.718. The predicted molar refractivity (Wildman–Crippen MR) is 66.0 cm³/mol. The van der Waals surface area contributed by atoms with Crippen LogP contribution in [0.2, 0.25) is 0 Å². The first-order valence-electron chi connectivity index (χ1n) is 6.82. The molecule has 2 N–H and O–H groups in total. The molecule has 0 aliphatic carbocycles. The molecule has 3 aliphatic heterocycles. The molecule has 96 valence electrons. The lowest BCUT2D eigenvalue weighted by Crippen LogP contribution is -2.40. The average Bonchev–Trinajstić information content (AvgIpc) is 2.84. The summed E-state index contributed by atoms with van der Waals surface area (Å²) in [5.74, 6) is 0. The predicted octanol–water partition coefficient (Wildman–Crippen LogP) is -0.162. The summed E-state index contributed by atoms with van der Waals surface area (Å²) in [6.45, 7) is 5.93. The van der Waals surface area contributed by atoms with Crippen molar-refractivity contribution in [2.75, 3.05) is 39.3 Å². The van der Waals surface area contributed by atoms with Crippen LogP contribution in [0.15, 0.2) is 0 Å². The van der Waals surface area contributed by atoms with E-state index in [1.807, 2.05) is 4.90 Å². The monoisotopic (exact) mass is 238 g/mol. The molecular weight excluding hydrogens is 216 g/mol. The Morgan fingerprint density at radius 3 is 2.82 bits per heavy atom. The third-order valence-electron chi connectivity index (χ3n) is 4.24. The fourth-order valence-corrected chi connectivity index (χ4v) is 3.21. The summed E-state index contributed by atoms with van der Waals surface area (Å²) < 4.78 is 0. The van der Waals surface area contributed by atoms with E-state index in [-0.39, 0.29) is 6.03 Å². The molecule has 3 fully saturated rings. The van der Waals surface area contributed by atoms with Crippen LogP contribution in [0.1, 0.15) is 19.3 Å². The van der Waals surface area contributed by atoms with Gasteiger partial charge in [0.1, 0.15) is 0 Å². The molecule has 3 saturated heterocycles. The molecule has 2 atom stereocenters. The largest absolute Gasteiger partial charge is 0.336 e. The topological polar surface area (TPSA) is 47.6 Å². The van der Waals surface area contributed by atoms with E-state index in [4.69, 9.17) is 0 Å². The van der Waals surface area contributed by atoms with Gasteiger partial charge in [0, 0.05) is 44.8 Å². The molecule has 17 heavy (non-hydrogen) atoms. The number of amides is 2. The molecule has 2 bridgehead atoms. The zero-order valence-corrected chi connectivity index (χ0v) is 10.3. The Morgan fingerprint density at radius 2 is 2.00 bits per heavy atom. The van der Waals surface area contributed by atoms with Crippen molar-refractivity contribution in [1.29, 1.82) is 0 Å². The maximum Gasteiger partial charge on any atom is 0.317 e. The number of likely N-dealkylation sites (tertiary alicyclic amines) is 1. The molecule has 2 amide bonds. The van der Waals surface area contributed by atoms with Gasteiger partial charge in [-0.3, -0.25) is 4.90 Å². The van der Waals surface area contributed by atoms with Crippen molar-refractivity contribution in [2.45, 2.75) is 31.3 Å². The van der Waals surface area contributed by atoms with Gasteiger partial charge in [0.25, 0.3) is 0 Å². The minimum absolute atomic E-state index is 0.111. The van der Waals surface area contributed by atoms with Crippen molar-refractivity contribution < 1.29 is 4.79 Å². The highest BCUT2D eigenvalue weighted by atomic mass is 16.2. The Kier molecular flexibility index (Phi) is 3.20. The second kappa shape index (κ2) is 4.82. The van der Waals surface area contributed by atoms with E-state index in [1.54, 1.807) is 0 Å². The zero-order chi connectivity index (χ0) is 11.7. The van der Waals surface area contributed by atoms with Gasteiger partial charge in [-0.15, -0.1) is 0 Å². The van der Waals surface area contributed by atoms with Crippen LogP contribution < -0.4 is 10.6 Å². The maximum atomic E-state index is 11.4. The molecule has 0 aromatic carbocycles. The second-order valence-electron chi connectivity index (χ2n) is 5.45. The van der Waals surface area contributed by atoms with Gasteiger partial charge in [-0.2, -0.15) is 0 Å². The van der Waals surface area contributed by atoms with E-state index in [2.05, 4.69) is 15.5 Å². The van der Waals surface area contributed by atoms with Crippen molar-refractivity contribution in [3.63, 3.8) is 0 Å². The number of hydrogen-bond donors (Lipinski definition) is 2. The van der Waals surface area contributed by atoms with Gasteiger partial charge in [0.15, 0.2) is 0 Å². The summed E-state index contributed by atoms with van der Waals surface area (Å²) in [5.41, 5.74) is 0. The fourth-order valence-electron chi connectivity index (χ4n) is 3.21. The third-order valence-corrected chi connectivity index (χ3v) is 4.24. The number of fused-ring (bicyclic) bond motifs is 2. The lowest BCUT2D eigenvalue weighted by Gasteiger charge is -2.26. The Labute approximate surface area is 103 Å². The third kappa shape index (κ3) is 2.55. The lowest BCUT2D eigenvalue weighted by atomic mass is 10.1. The number of urea groups is 1. The zero-order valence-electron chi connectivity index (χ0n) is 10.3. The lowest BCUT2D eigenvalue weighted by molar-refractivity contribution is 0.198. The van der Waals surface area contributed by atoms with Crippen LogP contribution in [-0.4, -0.2) is 67.2 Å². The molecule has 0 radical (unpaired) electrons. The molecule has 5 nitrogen and oxygen atoms in total. The number of rotatable bonds is 3. The van der Waals surface area contributed by atoms with Crippen molar-refractivity contribution in [3.8, 4) is 0 Å². The Bertz CT molecular complexity index is 296. The molecule has 3 heterocycles. The van der Waals surface area contributed by atoms with E-state index >= 15 is 0 Å². The van der Waals surface area contributed by atoms with Crippen LogP contribution >= 0.6 is 0 Å². The van der Waals surface area contributed by atoms with Gasteiger partial charge >= 0.3 is 6.03 Å². The van der Waals surface area contributed by atoms with Crippen molar-refractivity contribution in [1.82, 2.24) is 20.4 Å². The smallest absolute Gasteiger partial charge is 0.317 e. The maximum absolute atomic E-state index is 11.4. The summed E-state index contributed by atoms with van der Waals surface area (Å²) in [4.78, 5) is 15.9. The van der Waals surface area contributed by atoms with E-state index < -0.39 is 0 Å². The van der Waals surface area contributed by atoms with Crippen LogP contribution in [-0.2, 0) is 0 Å². The second-order valence-corrected chi connectivity index (χ2v) is 5.45. The van der Waals surface area contributed by atoms with E-state index in [9.17, 15) is 4.79 Å². The Hall–Kier alpha value is -0.810.